The van der Waals surface area contributed by atoms with Gasteiger partial charge in [-0.25, -0.2) is 9.97 Å². The van der Waals surface area contributed by atoms with Crippen LogP contribution in [0.4, 0.5) is 19.0 Å². The second kappa shape index (κ2) is 8.02. The lowest BCUT2D eigenvalue weighted by molar-refractivity contribution is -0.141. The Balaban J connectivity index is 2.49. The van der Waals surface area contributed by atoms with Crippen molar-refractivity contribution in [3.05, 3.63) is 36.3 Å². The van der Waals surface area contributed by atoms with Crippen LogP contribution in [0.3, 0.4) is 0 Å². The first-order valence-electron chi connectivity index (χ1n) is 7.17. The van der Waals surface area contributed by atoms with Crippen molar-refractivity contribution >= 4 is 5.82 Å². The molecule has 2 aromatic rings. The molecule has 0 aliphatic rings. The topological polar surface area (TPSA) is 71.4 Å². The van der Waals surface area contributed by atoms with Crippen molar-refractivity contribution in [3.8, 4) is 11.4 Å². The number of ether oxygens (including phenoxy) is 1. The Labute approximate surface area is 137 Å². The summed E-state index contributed by atoms with van der Waals surface area (Å²) in [6, 6.07) is 3.94. The van der Waals surface area contributed by atoms with Gasteiger partial charge in [-0.2, -0.15) is 13.2 Å². The highest BCUT2D eigenvalue weighted by Crippen LogP contribution is 2.31. The highest BCUT2D eigenvalue weighted by molar-refractivity contribution is 5.57. The third kappa shape index (κ3) is 4.62. The summed E-state index contributed by atoms with van der Waals surface area (Å²) >= 11 is 0. The van der Waals surface area contributed by atoms with Gasteiger partial charge in [-0.3, -0.25) is 4.98 Å². The number of aromatic nitrogens is 3. The molecule has 0 aromatic carbocycles. The lowest BCUT2D eigenvalue weighted by Gasteiger charge is -2.23. The molecule has 0 radical (unpaired) electrons. The molecule has 0 saturated carbocycles. The highest BCUT2D eigenvalue weighted by Gasteiger charge is 2.34. The summed E-state index contributed by atoms with van der Waals surface area (Å²) < 4.78 is 44.5. The maximum absolute atomic E-state index is 13.2. The molecule has 0 saturated heterocycles. The molecule has 24 heavy (non-hydrogen) atoms. The number of aliphatic hydroxyl groups excluding tert-OH is 1. The van der Waals surface area contributed by atoms with Gasteiger partial charge in [0.1, 0.15) is 5.82 Å². The van der Waals surface area contributed by atoms with Crippen molar-refractivity contribution in [1.29, 1.82) is 0 Å². The number of rotatable bonds is 7. The Hall–Kier alpha value is -2.26. The molecule has 0 bridgehead atoms. The first-order valence-corrected chi connectivity index (χ1v) is 7.17. The molecule has 0 aliphatic carbocycles. The molecule has 0 fully saturated rings. The maximum Gasteiger partial charge on any atom is 0.433 e. The molecular formula is C15H17F3N4O2. The second-order valence-electron chi connectivity index (χ2n) is 4.87. The summed E-state index contributed by atoms with van der Waals surface area (Å²) in [6.07, 6.45) is -1.70. The van der Waals surface area contributed by atoms with Crippen molar-refractivity contribution < 1.29 is 23.0 Å². The van der Waals surface area contributed by atoms with E-state index in [1.54, 1.807) is 0 Å². The zero-order valence-electron chi connectivity index (χ0n) is 13.0. The minimum atomic E-state index is -4.61. The standard InChI is InChI=1S/C15H17F3N4O2/c1-24-9-7-22(6-8-23)13-10-12(15(16,17)18)20-14(21-13)11-2-4-19-5-3-11/h2-5,10,23H,6-9H2,1H3. The van der Waals surface area contributed by atoms with Gasteiger partial charge < -0.3 is 14.7 Å². The fourth-order valence-electron chi connectivity index (χ4n) is 2.03. The lowest BCUT2D eigenvalue weighted by Crippen LogP contribution is -2.31. The molecule has 130 valence electrons. The van der Waals surface area contributed by atoms with Crippen LogP contribution in [0.5, 0.6) is 0 Å². The van der Waals surface area contributed by atoms with Crippen molar-refractivity contribution in [1.82, 2.24) is 15.0 Å². The Kier molecular flexibility index (Phi) is 6.04. The summed E-state index contributed by atoms with van der Waals surface area (Å²) in [5.41, 5.74) is -0.618. The van der Waals surface area contributed by atoms with Gasteiger partial charge in [0.2, 0.25) is 0 Å². The maximum atomic E-state index is 13.2. The summed E-state index contributed by atoms with van der Waals surface area (Å²) in [5, 5.41) is 9.16. The number of nitrogens with zero attached hydrogens (tertiary/aromatic N) is 4. The molecule has 6 nitrogen and oxygen atoms in total. The summed E-state index contributed by atoms with van der Waals surface area (Å²) in [7, 11) is 1.49. The van der Waals surface area contributed by atoms with Gasteiger partial charge in [0.15, 0.2) is 11.5 Å². The van der Waals surface area contributed by atoms with Crippen molar-refractivity contribution in [2.45, 2.75) is 6.18 Å². The van der Waals surface area contributed by atoms with E-state index in [1.807, 2.05) is 0 Å². The van der Waals surface area contributed by atoms with Crippen LogP contribution in [0, 0.1) is 0 Å². The van der Waals surface area contributed by atoms with Crippen molar-refractivity contribution in [3.63, 3.8) is 0 Å². The van der Waals surface area contributed by atoms with E-state index in [2.05, 4.69) is 15.0 Å². The Morgan fingerprint density at radius 1 is 1.17 bits per heavy atom. The predicted molar refractivity (Wildman–Crippen MR) is 81.4 cm³/mol. The van der Waals surface area contributed by atoms with Gasteiger partial charge in [-0.15, -0.1) is 0 Å². The fraction of sp³-hybridized carbons (Fsp3) is 0.400. The van der Waals surface area contributed by atoms with Gasteiger partial charge in [0.05, 0.1) is 13.2 Å². The van der Waals surface area contributed by atoms with E-state index in [0.717, 1.165) is 6.07 Å². The molecule has 2 aromatic heterocycles. The SMILES string of the molecule is COCCN(CCO)c1cc(C(F)(F)F)nc(-c2ccncc2)n1. The normalized spacial score (nSPS) is 11.5. The van der Waals surface area contributed by atoms with Crippen molar-refractivity contribution in [2.24, 2.45) is 0 Å². The number of anilines is 1. The molecule has 0 aliphatic heterocycles. The van der Waals surface area contributed by atoms with Gasteiger partial charge in [-0.1, -0.05) is 0 Å². The van der Waals surface area contributed by atoms with Crippen LogP contribution in [0.15, 0.2) is 30.6 Å². The Bertz CT molecular complexity index is 653. The van der Waals surface area contributed by atoms with Crippen LogP contribution < -0.4 is 4.90 Å². The van der Waals surface area contributed by atoms with Crippen molar-refractivity contribution in [2.75, 3.05) is 38.3 Å². The van der Waals surface area contributed by atoms with E-state index in [9.17, 15) is 13.2 Å². The Morgan fingerprint density at radius 3 is 2.46 bits per heavy atom. The predicted octanol–water partition coefficient (Wildman–Crippen LogP) is 2.00. The third-order valence-electron chi connectivity index (χ3n) is 3.20. The average Bonchev–Trinajstić information content (AvgIpc) is 2.58. The summed E-state index contributed by atoms with van der Waals surface area (Å²) in [5.74, 6) is 0.0258. The first kappa shape index (κ1) is 18.1. The van der Waals surface area contributed by atoms with E-state index in [0.29, 0.717) is 12.1 Å². The third-order valence-corrected chi connectivity index (χ3v) is 3.20. The zero-order valence-corrected chi connectivity index (χ0v) is 13.0. The number of methoxy groups -OCH3 is 1. The highest BCUT2D eigenvalue weighted by atomic mass is 19.4. The number of alkyl halides is 3. The molecule has 1 N–H and O–H groups in total. The van der Waals surface area contributed by atoms with E-state index in [1.165, 1.54) is 36.5 Å². The molecule has 0 atom stereocenters. The van der Waals surface area contributed by atoms with Crippen LogP contribution in [0.25, 0.3) is 11.4 Å². The number of halogens is 3. The van der Waals surface area contributed by atoms with Crippen LogP contribution in [0.2, 0.25) is 0 Å². The van der Waals surface area contributed by atoms with Crippen LogP contribution in [0.1, 0.15) is 5.69 Å². The van der Waals surface area contributed by atoms with Gasteiger partial charge in [-0.05, 0) is 12.1 Å². The second-order valence-corrected chi connectivity index (χ2v) is 4.87. The van der Waals surface area contributed by atoms with Gasteiger partial charge in [0, 0.05) is 44.2 Å². The first-order chi connectivity index (χ1) is 11.5. The number of hydrogen-bond acceptors (Lipinski definition) is 6. The van der Waals surface area contributed by atoms with E-state index < -0.39 is 11.9 Å². The molecule has 9 heteroatoms. The number of hydrogen-bond donors (Lipinski definition) is 1. The lowest BCUT2D eigenvalue weighted by atomic mass is 10.2. The molecule has 2 heterocycles. The van der Waals surface area contributed by atoms with E-state index in [-0.39, 0.29) is 31.4 Å². The quantitative estimate of drug-likeness (QED) is 0.830. The molecular weight excluding hydrogens is 325 g/mol. The van der Waals surface area contributed by atoms with E-state index in [4.69, 9.17) is 9.84 Å². The molecule has 0 spiro atoms. The smallest absolute Gasteiger partial charge is 0.395 e. The van der Waals surface area contributed by atoms with Gasteiger partial charge >= 0.3 is 6.18 Å². The monoisotopic (exact) mass is 342 g/mol. The Morgan fingerprint density at radius 2 is 1.88 bits per heavy atom. The van der Waals surface area contributed by atoms with Crippen LogP contribution >= 0.6 is 0 Å². The molecule has 2 rings (SSSR count). The molecule has 0 amide bonds. The van der Waals surface area contributed by atoms with Crippen LogP contribution in [-0.2, 0) is 10.9 Å². The average molecular weight is 342 g/mol. The largest absolute Gasteiger partial charge is 0.433 e. The summed E-state index contributed by atoms with van der Waals surface area (Å²) in [6.45, 7) is 0.490. The van der Waals surface area contributed by atoms with E-state index >= 15 is 0 Å². The molecule has 0 unspecified atom stereocenters. The minimum absolute atomic E-state index is 0.0532. The zero-order chi connectivity index (χ0) is 17.6. The summed E-state index contributed by atoms with van der Waals surface area (Å²) in [4.78, 5) is 13.2. The fourth-order valence-corrected chi connectivity index (χ4v) is 2.03. The number of aliphatic hydroxyl groups is 1. The van der Waals surface area contributed by atoms with Crippen LogP contribution in [-0.4, -0.2) is 53.5 Å². The minimum Gasteiger partial charge on any atom is -0.395 e. The van der Waals surface area contributed by atoms with Gasteiger partial charge in [0.25, 0.3) is 0 Å². The number of pyridine rings is 1.